The van der Waals surface area contributed by atoms with Crippen LogP contribution >= 0.6 is 27.3 Å². The summed E-state index contributed by atoms with van der Waals surface area (Å²) in [4.78, 5) is 4.58. The summed E-state index contributed by atoms with van der Waals surface area (Å²) in [6, 6.07) is 18.2. The van der Waals surface area contributed by atoms with Gasteiger partial charge in [-0.05, 0) is 36.8 Å². The molecule has 0 aliphatic heterocycles. The molecule has 0 spiro atoms. The van der Waals surface area contributed by atoms with Gasteiger partial charge in [0.05, 0.1) is 5.69 Å². The molecule has 0 amide bonds. The number of nitrogens with one attached hydrogen (secondary N) is 1. The van der Waals surface area contributed by atoms with Crippen LogP contribution in [-0.2, 0) is 0 Å². The van der Waals surface area contributed by atoms with Gasteiger partial charge in [0, 0.05) is 27.3 Å². The molecule has 3 nitrogen and oxygen atoms in total. The molecule has 0 unspecified atom stereocenters. The molecule has 118 valence electrons. The van der Waals surface area contributed by atoms with Gasteiger partial charge in [-0.15, -0.1) is 11.3 Å². The van der Waals surface area contributed by atoms with Crippen LogP contribution in [0.5, 0.6) is 0 Å². The van der Waals surface area contributed by atoms with E-state index in [1.165, 1.54) is 16.9 Å². The Hall–Kier alpha value is -2.42. The van der Waals surface area contributed by atoms with Crippen molar-refractivity contribution in [2.75, 3.05) is 5.32 Å². The molecular formula is C19H14BrN3S. The molecule has 3 aromatic rings. The summed E-state index contributed by atoms with van der Waals surface area (Å²) in [5, 5.41) is 15.3. The highest BCUT2D eigenvalue weighted by Gasteiger charge is 2.09. The Balaban J connectivity index is 1.82. The maximum atomic E-state index is 9.43. The lowest BCUT2D eigenvalue weighted by atomic mass is 10.2. The largest absolute Gasteiger partial charge is 0.360 e. The zero-order valence-corrected chi connectivity index (χ0v) is 15.4. The van der Waals surface area contributed by atoms with Crippen molar-refractivity contribution in [3.63, 3.8) is 0 Å². The van der Waals surface area contributed by atoms with Crippen molar-refractivity contribution in [2.45, 2.75) is 6.92 Å². The molecular weight excluding hydrogens is 382 g/mol. The fourth-order valence-electron chi connectivity index (χ4n) is 2.18. The van der Waals surface area contributed by atoms with Gasteiger partial charge in [-0.25, -0.2) is 4.98 Å². The van der Waals surface area contributed by atoms with E-state index in [4.69, 9.17) is 0 Å². The lowest BCUT2D eigenvalue weighted by Gasteiger charge is -2.02. The molecule has 0 aliphatic rings. The first-order valence-corrected chi connectivity index (χ1v) is 8.98. The Morgan fingerprint density at radius 1 is 1.25 bits per heavy atom. The minimum absolute atomic E-state index is 0.518. The molecule has 0 saturated carbocycles. The van der Waals surface area contributed by atoms with Crippen molar-refractivity contribution in [3.05, 3.63) is 75.2 Å². The van der Waals surface area contributed by atoms with Gasteiger partial charge in [-0.3, -0.25) is 0 Å². The van der Waals surface area contributed by atoms with E-state index >= 15 is 0 Å². The standard InChI is InChI=1S/C19H14BrN3S/c1-13-3-2-4-17(9-13)22-11-15(10-21)19-23-18(12-24-19)14-5-7-16(20)8-6-14/h2-9,11-12,22H,1H3/b15-11+. The number of hydrogen-bond acceptors (Lipinski definition) is 4. The average molecular weight is 396 g/mol. The van der Waals surface area contributed by atoms with Gasteiger partial charge in [0.25, 0.3) is 0 Å². The van der Waals surface area contributed by atoms with Gasteiger partial charge in [-0.1, -0.05) is 40.2 Å². The number of aromatic nitrogens is 1. The van der Waals surface area contributed by atoms with E-state index < -0.39 is 0 Å². The molecule has 1 N–H and O–H groups in total. The third-order valence-corrected chi connectivity index (χ3v) is 4.80. The van der Waals surface area contributed by atoms with Crippen molar-refractivity contribution in [1.29, 1.82) is 5.26 Å². The van der Waals surface area contributed by atoms with E-state index in [0.29, 0.717) is 10.6 Å². The molecule has 3 rings (SSSR count). The second-order valence-electron chi connectivity index (χ2n) is 5.23. The van der Waals surface area contributed by atoms with Gasteiger partial charge < -0.3 is 5.32 Å². The SMILES string of the molecule is Cc1cccc(N/C=C(\C#N)c2nc(-c3ccc(Br)cc3)cs2)c1. The topological polar surface area (TPSA) is 48.7 Å². The van der Waals surface area contributed by atoms with E-state index in [2.05, 4.69) is 32.3 Å². The number of anilines is 1. The highest BCUT2D eigenvalue weighted by atomic mass is 79.9. The number of allylic oxidation sites excluding steroid dienone is 1. The second-order valence-corrected chi connectivity index (χ2v) is 7.00. The maximum absolute atomic E-state index is 9.43. The Morgan fingerprint density at radius 3 is 2.75 bits per heavy atom. The fourth-order valence-corrected chi connectivity index (χ4v) is 3.24. The van der Waals surface area contributed by atoms with E-state index in [-0.39, 0.29) is 0 Å². The first-order valence-electron chi connectivity index (χ1n) is 7.31. The number of halogens is 1. The highest BCUT2D eigenvalue weighted by molar-refractivity contribution is 9.10. The van der Waals surface area contributed by atoms with E-state index in [0.717, 1.165) is 21.4 Å². The lowest BCUT2D eigenvalue weighted by Crippen LogP contribution is -1.91. The zero-order chi connectivity index (χ0) is 16.9. The first kappa shape index (κ1) is 16.4. The molecule has 0 atom stereocenters. The Labute approximate surface area is 153 Å². The van der Waals surface area contributed by atoms with Crippen molar-refractivity contribution < 1.29 is 0 Å². The molecule has 1 aromatic heterocycles. The molecule has 5 heteroatoms. The number of benzene rings is 2. The Bertz CT molecular complexity index is 920. The zero-order valence-electron chi connectivity index (χ0n) is 13.0. The molecule has 24 heavy (non-hydrogen) atoms. The van der Waals surface area contributed by atoms with Crippen molar-refractivity contribution >= 4 is 38.5 Å². The van der Waals surface area contributed by atoms with Crippen LogP contribution < -0.4 is 5.32 Å². The van der Waals surface area contributed by atoms with E-state index in [1.807, 2.05) is 60.8 Å². The monoisotopic (exact) mass is 395 g/mol. The first-order chi connectivity index (χ1) is 11.7. The number of nitrogens with zero attached hydrogens (tertiary/aromatic N) is 2. The normalized spacial score (nSPS) is 11.1. The molecule has 0 radical (unpaired) electrons. The average Bonchev–Trinajstić information content (AvgIpc) is 3.06. The number of aryl methyl sites for hydroxylation is 1. The minimum Gasteiger partial charge on any atom is -0.360 e. The summed E-state index contributed by atoms with van der Waals surface area (Å²) in [5.41, 5.74) is 4.54. The van der Waals surface area contributed by atoms with Crippen LogP contribution in [0.25, 0.3) is 16.8 Å². The summed E-state index contributed by atoms with van der Waals surface area (Å²) < 4.78 is 1.03. The van der Waals surface area contributed by atoms with Crippen LogP contribution in [0.4, 0.5) is 5.69 Å². The molecule has 0 fully saturated rings. The smallest absolute Gasteiger partial charge is 0.136 e. The molecule has 0 aliphatic carbocycles. The molecule has 0 saturated heterocycles. The van der Waals surface area contributed by atoms with Crippen LogP contribution in [0.2, 0.25) is 0 Å². The Kier molecular flexibility index (Phi) is 5.09. The summed E-state index contributed by atoms with van der Waals surface area (Å²) in [7, 11) is 0. The van der Waals surface area contributed by atoms with Gasteiger partial charge in [-0.2, -0.15) is 5.26 Å². The van der Waals surface area contributed by atoms with Crippen molar-refractivity contribution in [3.8, 4) is 17.3 Å². The fraction of sp³-hybridized carbons (Fsp3) is 0.0526. The van der Waals surface area contributed by atoms with Crippen molar-refractivity contribution in [1.82, 2.24) is 4.98 Å². The summed E-state index contributed by atoms with van der Waals surface area (Å²) in [6.07, 6.45) is 1.71. The summed E-state index contributed by atoms with van der Waals surface area (Å²) in [5.74, 6) is 0. The number of thiazole rings is 1. The van der Waals surface area contributed by atoms with Gasteiger partial charge in [0.15, 0.2) is 0 Å². The quantitative estimate of drug-likeness (QED) is 0.562. The molecule has 1 heterocycles. The van der Waals surface area contributed by atoms with Gasteiger partial charge >= 0.3 is 0 Å². The predicted molar refractivity (Wildman–Crippen MR) is 104 cm³/mol. The lowest BCUT2D eigenvalue weighted by molar-refractivity contribution is 1.36. The third kappa shape index (κ3) is 3.91. The van der Waals surface area contributed by atoms with E-state index in [1.54, 1.807) is 6.20 Å². The van der Waals surface area contributed by atoms with Crippen LogP contribution in [0, 0.1) is 18.3 Å². The number of hydrogen-bond donors (Lipinski definition) is 1. The molecule has 0 bridgehead atoms. The second kappa shape index (κ2) is 7.43. The number of rotatable bonds is 4. The van der Waals surface area contributed by atoms with Gasteiger partial charge in [0.2, 0.25) is 0 Å². The third-order valence-electron chi connectivity index (χ3n) is 3.40. The number of nitriles is 1. The van der Waals surface area contributed by atoms with Crippen LogP contribution in [0.3, 0.4) is 0 Å². The van der Waals surface area contributed by atoms with Gasteiger partial charge in [0.1, 0.15) is 16.6 Å². The Morgan fingerprint density at radius 2 is 2.04 bits per heavy atom. The minimum atomic E-state index is 0.518. The maximum Gasteiger partial charge on any atom is 0.136 e. The van der Waals surface area contributed by atoms with Crippen LogP contribution in [0.15, 0.2) is 64.6 Å². The molecule has 2 aromatic carbocycles. The van der Waals surface area contributed by atoms with Crippen LogP contribution in [0.1, 0.15) is 10.6 Å². The van der Waals surface area contributed by atoms with Crippen molar-refractivity contribution in [2.24, 2.45) is 0 Å². The van der Waals surface area contributed by atoms with E-state index in [9.17, 15) is 5.26 Å². The van der Waals surface area contributed by atoms with Crippen LogP contribution in [-0.4, -0.2) is 4.98 Å². The summed E-state index contributed by atoms with van der Waals surface area (Å²) >= 11 is 4.89. The summed E-state index contributed by atoms with van der Waals surface area (Å²) in [6.45, 7) is 2.03. The highest BCUT2D eigenvalue weighted by Crippen LogP contribution is 2.27. The predicted octanol–water partition coefficient (Wildman–Crippen LogP) is 5.86.